The van der Waals surface area contributed by atoms with Crippen molar-refractivity contribution in [1.29, 1.82) is 0 Å². The number of methoxy groups -OCH3 is 6. The van der Waals surface area contributed by atoms with Crippen molar-refractivity contribution in [3.8, 4) is 34.5 Å². The fraction of sp³-hybridized carbons (Fsp3) is 0.405. The van der Waals surface area contributed by atoms with Gasteiger partial charge in [0.2, 0.25) is 0 Å². The Labute approximate surface area is 322 Å². The van der Waals surface area contributed by atoms with Gasteiger partial charge in [0.05, 0.1) is 42.7 Å². The van der Waals surface area contributed by atoms with Gasteiger partial charge in [-0.05, 0) is 100 Å². The Morgan fingerprint density at radius 1 is 0.519 bits per heavy atom. The van der Waals surface area contributed by atoms with E-state index in [4.69, 9.17) is 42.6 Å². The molecule has 0 aromatic heterocycles. The van der Waals surface area contributed by atoms with E-state index in [0.717, 1.165) is 17.4 Å². The standard InChI is InChI=1S/C21H22O5.C9H10O3.C7H16O3.C3H6O.2CH4/c1-23-18-11-7-15(13-20(18)25-3)5-9-17(22)10-6-16-8-12-19(24-2)21(14-16)26-4;1-11-8-4-3-7(6-10)5-9(8)12-2;1-4-8-7(9-5-2)10-6-3;1-3(2)4;;/h5-14H,1-4H3;3-6H,1-2H3;7H,4-6H2,1-3H3;1-2H3;2*1H4. The Morgan fingerprint density at radius 3 is 1.06 bits per heavy atom. The first-order valence-corrected chi connectivity index (χ1v) is 16.3. The third-order valence-corrected chi connectivity index (χ3v) is 6.15. The van der Waals surface area contributed by atoms with Gasteiger partial charge in [0, 0.05) is 25.4 Å². The van der Waals surface area contributed by atoms with Crippen molar-refractivity contribution in [3.63, 3.8) is 0 Å². The van der Waals surface area contributed by atoms with Crippen LogP contribution in [0.15, 0.2) is 66.7 Å². The number of aldehydes is 1. The van der Waals surface area contributed by atoms with Crippen LogP contribution in [0, 0.1) is 0 Å². The summed E-state index contributed by atoms with van der Waals surface area (Å²) in [6, 6.07) is 15.9. The predicted octanol–water partition coefficient (Wildman–Crippen LogP) is 8.78. The first kappa shape index (κ1) is 53.2. The molecule has 54 heavy (non-hydrogen) atoms. The number of hydrogen-bond acceptors (Lipinski definition) is 12. The van der Waals surface area contributed by atoms with Crippen LogP contribution in [0.2, 0.25) is 0 Å². The van der Waals surface area contributed by atoms with E-state index in [-0.39, 0.29) is 26.4 Å². The zero-order valence-electron chi connectivity index (χ0n) is 32.2. The van der Waals surface area contributed by atoms with E-state index >= 15 is 0 Å². The Balaban J connectivity index is -0.000000772. The van der Waals surface area contributed by atoms with Crippen LogP contribution >= 0.6 is 0 Å². The molecule has 0 N–H and O–H groups in total. The van der Waals surface area contributed by atoms with Gasteiger partial charge in [0.25, 0.3) is 6.48 Å². The van der Waals surface area contributed by atoms with Crippen molar-refractivity contribution in [2.24, 2.45) is 0 Å². The summed E-state index contributed by atoms with van der Waals surface area (Å²) < 4.78 is 46.1. The van der Waals surface area contributed by atoms with Crippen LogP contribution in [0.5, 0.6) is 34.5 Å². The molecule has 3 aromatic carbocycles. The van der Waals surface area contributed by atoms with E-state index in [1.165, 1.54) is 33.1 Å². The number of benzene rings is 3. The van der Waals surface area contributed by atoms with Gasteiger partial charge in [0.1, 0.15) is 12.1 Å². The molecule has 0 amide bonds. The number of carbonyl (C=O) groups excluding carboxylic acids is 3. The van der Waals surface area contributed by atoms with Crippen LogP contribution in [0.3, 0.4) is 0 Å². The van der Waals surface area contributed by atoms with Crippen molar-refractivity contribution in [3.05, 3.63) is 83.4 Å². The quantitative estimate of drug-likeness (QED) is 0.0740. The number of Topliss-reactive ketones (excluding diaryl/α,β-unsaturated/α-hetero) is 1. The molecular weight excluding hydrogens is 696 g/mol. The molecular formula is C42H62O12. The molecule has 0 heterocycles. The molecule has 0 unspecified atom stereocenters. The summed E-state index contributed by atoms with van der Waals surface area (Å²) in [5.74, 6) is 3.75. The van der Waals surface area contributed by atoms with Gasteiger partial charge in [-0.2, -0.15) is 0 Å². The highest BCUT2D eigenvalue weighted by Crippen LogP contribution is 2.29. The van der Waals surface area contributed by atoms with E-state index in [9.17, 15) is 14.4 Å². The van der Waals surface area contributed by atoms with Gasteiger partial charge in [-0.25, -0.2) is 0 Å². The lowest BCUT2D eigenvalue weighted by molar-refractivity contribution is -0.282. The summed E-state index contributed by atoms with van der Waals surface area (Å²) in [5, 5.41) is 0. The normalized spacial score (nSPS) is 9.78. The first-order valence-electron chi connectivity index (χ1n) is 16.3. The molecule has 0 bridgehead atoms. The maximum atomic E-state index is 12.1. The third-order valence-electron chi connectivity index (χ3n) is 6.15. The average molecular weight is 759 g/mol. The molecule has 12 nitrogen and oxygen atoms in total. The predicted molar refractivity (Wildman–Crippen MR) is 216 cm³/mol. The third kappa shape index (κ3) is 22.0. The molecule has 0 saturated heterocycles. The SMILES string of the molecule is C.C.CC(C)=O.CCOC(OCC)OCC.COc1ccc(C=CC(=O)C=Cc2ccc(OC)c(OC)c2)cc1OC.COc1ccc(C=O)cc1OC. The number of ketones is 2. The zero-order chi connectivity index (χ0) is 39.3. The van der Waals surface area contributed by atoms with Crippen LogP contribution in [-0.4, -0.2) is 86.8 Å². The van der Waals surface area contributed by atoms with Crippen LogP contribution in [0.25, 0.3) is 12.2 Å². The number of allylic oxidation sites excluding steroid dienone is 2. The fourth-order valence-electron chi connectivity index (χ4n) is 3.80. The van der Waals surface area contributed by atoms with Crippen LogP contribution in [-0.2, 0) is 23.8 Å². The van der Waals surface area contributed by atoms with Crippen LogP contribution in [0.1, 0.15) is 71.0 Å². The van der Waals surface area contributed by atoms with Crippen molar-refractivity contribution < 1.29 is 57.0 Å². The van der Waals surface area contributed by atoms with E-state index in [1.54, 1.807) is 90.2 Å². The molecule has 302 valence electrons. The number of rotatable bonds is 17. The minimum absolute atomic E-state index is 0. The van der Waals surface area contributed by atoms with E-state index in [2.05, 4.69) is 0 Å². The Bertz CT molecular complexity index is 1450. The summed E-state index contributed by atoms with van der Waals surface area (Å²) in [6.45, 7) is 10.2. The maximum Gasteiger partial charge on any atom is 0.271 e. The average Bonchev–Trinajstić information content (AvgIpc) is 3.16. The maximum absolute atomic E-state index is 12.1. The second-order valence-electron chi connectivity index (χ2n) is 10.1. The lowest BCUT2D eigenvalue weighted by Crippen LogP contribution is -2.20. The molecule has 0 aliphatic carbocycles. The van der Waals surface area contributed by atoms with Crippen molar-refractivity contribution in [2.45, 2.75) is 55.9 Å². The Hall–Kier alpha value is -5.17. The highest BCUT2D eigenvalue weighted by atomic mass is 16.8. The number of hydrogen-bond donors (Lipinski definition) is 0. The second kappa shape index (κ2) is 32.5. The van der Waals surface area contributed by atoms with Gasteiger partial charge in [-0.1, -0.05) is 39.1 Å². The first-order chi connectivity index (χ1) is 25.0. The van der Waals surface area contributed by atoms with E-state index in [1.807, 2.05) is 32.9 Å². The van der Waals surface area contributed by atoms with Gasteiger partial charge < -0.3 is 47.4 Å². The summed E-state index contributed by atoms with van der Waals surface area (Å²) in [7, 11) is 9.39. The van der Waals surface area contributed by atoms with Gasteiger partial charge in [0.15, 0.2) is 40.3 Å². The molecule has 3 aromatic rings. The van der Waals surface area contributed by atoms with Crippen LogP contribution < -0.4 is 28.4 Å². The van der Waals surface area contributed by atoms with Crippen LogP contribution in [0.4, 0.5) is 0 Å². The molecule has 0 atom stereocenters. The molecule has 0 saturated carbocycles. The molecule has 0 spiro atoms. The minimum Gasteiger partial charge on any atom is -0.493 e. The molecule has 12 heteroatoms. The zero-order valence-corrected chi connectivity index (χ0v) is 32.2. The van der Waals surface area contributed by atoms with Gasteiger partial charge in [-0.3, -0.25) is 9.59 Å². The highest BCUT2D eigenvalue weighted by Gasteiger charge is 2.06. The lowest BCUT2D eigenvalue weighted by Gasteiger charge is -2.15. The summed E-state index contributed by atoms with van der Waals surface area (Å²) in [5.41, 5.74) is 2.26. The van der Waals surface area contributed by atoms with Gasteiger partial charge in [-0.15, -0.1) is 0 Å². The molecule has 0 aliphatic heterocycles. The lowest BCUT2D eigenvalue weighted by atomic mass is 10.1. The van der Waals surface area contributed by atoms with Crippen molar-refractivity contribution in [2.75, 3.05) is 62.5 Å². The van der Waals surface area contributed by atoms with E-state index < -0.39 is 6.48 Å². The molecule has 0 radical (unpaired) electrons. The molecule has 0 aliphatic rings. The Morgan fingerprint density at radius 2 is 0.796 bits per heavy atom. The number of ether oxygens (including phenoxy) is 9. The largest absolute Gasteiger partial charge is 0.493 e. The summed E-state index contributed by atoms with van der Waals surface area (Å²) >= 11 is 0. The molecule has 0 fully saturated rings. The monoisotopic (exact) mass is 758 g/mol. The Kier molecular flexibility index (Phi) is 32.0. The summed E-state index contributed by atoms with van der Waals surface area (Å²) in [4.78, 5) is 31.9. The minimum atomic E-state index is -0.472. The highest BCUT2D eigenvalue weighted by molar-refractivity contribution is 6.04. The smallest absolute Gasteiger partial charge is 0.271 e. The fourth-order valence-corrected chi connectivity index (χ4v) is 3.80. The molecule has 3 rings (SSSR count). The van der Waals surface area contributed by atoms with Crippen molar-refractivity contribution in [1.82, 2.24) is 0 Å². The van der Waals surface area contributed by atoms with Crippen molar-refractivity contribution >= 4 is 30.0 Å². The second-order valence-corrected chi connectivity index (χ2v) is 10.1. The number of carbonyl (C=O) groups is 3. The topological polar surface area (TPSA) is 134 Å². The van der Waals surface area contributed by atoms with E-state index in [0.29, 0.717) is 59.9 Å². The van der Waals surface area contributed by atoms with Gasteiger partial charge >= 0.3 is 0 Å². The summed E-state index contributed by atoms with van der Waals surface area (Å²) in [6.07, 6.45) is 7.21.